The molecule has 0 aromatic heterocycles. The summed E-state index contributed by atoms with van der Waals surface area (Å²) in [7, 11) is 0. The number of Topliss-reactive ketones (excluding diaryl/α,β-unsaturated/α-hetero) is 1. The summed E-state index contributed by atoms with van der Waals surface area (Å²) in [5, 5.41) is 0. The second-order valence-electron chi connectivity index (χ2n) is 9.16. The molecule has 1 atom stereocenters. The largest absolute Gasteiger partial charge is 0.294 e. The van der Waals surface area contributed by atoms with Gasteiger partial charge in [0.05, 0.1) is 0 Å². The first kappa shape index (κ1) is 19.6. The first-order chi connectivity index (χ1) is 13.8. The summed E-state index contributed by atoms with van der Waals surface area (Å²) in [6.07, 6.45) is 2.57. The van der Waals surface area contributed by atoms with E-state index in [1.54, 1.807) is 0 Å². The standard InChI is InChI=1S/C26H29NO2/c1-5-18-10-12-19(13-11-18)27-22-15-26(3,4)16-23(28)25(22)21(14-24(27)29)20-9-7-6-8-17(20)2/h6-13,21H,5,14-16H2,1-4H3. The zero-order chi connectivity index (χ0) is 20.8. The molecule has 2 aromatic rings. The highest BCUT2D eigenvalue weighted by molar-refractivity contribution is 6.07. The second-order valence-corrected chi connectivity index (χ2v) is 9.16. The highest BCUT2D eigenvalue weighted by Gasteiger charge is 2.44. The van der Waals surface area contributed by atoms with Gasteiger partial charge >= 0.3 is 0 Å². The Bertz CT molecular complexity index is 998. The van der Waals surface area contributed by atoms with Gasteiger partial charge < -0.3 is 0 Å². The van der Waals surface area contributed by atoms with E-state index in [2.05, 4.69) is 52.0 Å². The Morgan fingerprint density at radius 1 is 1.00 bits per heavy atom. The van der Waals surface area contributed by atoms with Crippen LogP contribution in [0.5, 0.6) is 0 Å². The summed E-state index contributed by atoms with van der Waals surface area (Å²) in [5.74, 6) is 0.118. The predicted octanol–water partition coefficient (Wildman–Crippen LogP) is 5.72. The van der Waals surface area contributed by atoms with Gasteiger partial charge in [0.1, 0.15) is 0 Å². The molecule has 0 fully saturated rings. The van der Waals surface area contributed by atoms with Crippen molar-refractivity contribution in [3.8, 4) is 0 Å². The highest BCUT2D eigenvalue weighted by atomic mass is 16.2. The van der Waals surface area contributed by atoms with Crippen molar-refractivity contribution in [3.63, 3.8) is 0 Å². The number of aryl methyl sites for hydroxylation is 2. The van der Waals surface area contributed by atoms with Gasteiger partial charge in [-0.1, -0.05) is 57.2 Å². The van der Waals surface area contributed by atoms with E-state index in [0.29, 0.717) is 12.8 Å². The normalized spacial score (nSPS) is 21.4. The molecule has 0 spiro atoms. The first-order valence-corrected chi connectivity index (χ1v) is 10.5. The van der Waals surface area contributed by atoms with Gasteiger partial charge in [-0.15, -0.1) is 0 Å². The van der Waals surface area contributed by atoms with E-state index in [1.165, 1.54) is 5.56 Å². The third kappa shape index (κ3) is 3.55. The Hall–Kier alpha value is -2.68. The molecule has 2 aliphatic rings. The van der Waals surface area contributed by atoms with Crippen molar-refractivity contribution in [1.29, 1.82) is 0 Å². The molecule has 1 amide bonds. The molecule has 3 nitrogen and oxygen atoms in total. The lowest BCUT2D eigenvalue weighted by molar-refractivity contribution is -0.121. The van der Waals surface area contributed by atoms with Crippen molar-refractivity contribution in [3.05, 3.63) is 76.5 Å². The lowest BCUT2D eigenvalue weighted by Crippen LogP contribution is -2.43. The van der Waals surface area contributed by atoms with Gasteiger partial charge in [0, 0.05) is 35.7 Å². The van der Waals surface area contributed by atoms with Crippen molar-refractivity contribution in [2.75, 3.05) is 4.90 Å². The fourth-order valence-corrected chi connectivity index (χ4v) is 4.84. The summed E-state index contributed by atoms with van der Waals surface area (Å²) in [4.78, 5) is 28.5. The third-order valence-corrected chi connectivity index (χ3v) is 6.31. The minimum Gasteiger partial charge on any atom is -0.294 e. The zero-order valence-electron chi connectivity index (χ0n) is 17.8. The van der Waals surface area contributed by atoms with Crippen LogP contribution in [0.2, 0.25) is 0 Å². The van der Waals surface area contributed by atoms with E-state index in [9.17, 15) is 9.59 Å². The zero-order valence-corrected chi connectivity index (χ0v) is 17.8. The fraction of sp³-hybridized carbons (Fsp3) is 0.385. The fourth-order valence-electron chi connectivity index (χ4n) is 4.84. The number of anilines is 1. The smallest absolute Gasteiger partial charge is 0.232 e. The van der Waals surface area contributed by atoms with Crippen LogP contribution in [0.3, 0.4) is 0 Å². The number of allylic oxidation sites excluding steroid dienone is 2. The Balaban J connectivity index is 1.89. The average Bonchev–Trinajstić information content (AvgIpc) is 2.67. The monoisotopic (exact) mass is 387 g/mol. The minimum atomic E-state index is -0.147. The van der Waals surface area contributed by atoms with Crippen LogP contribution in [0.25, 0.3) is 0 Å². The molecule has 150 valence electrons. The van der Waals surface area contributed by atoms with E-state index in [-0.39, 0.29) is 23.0 Å². The van der Waals surface area contributed by atoms with Gasteiger partial charge in [-0.05, 0) is 54.0 Å². The van der Waals surface area contributed by atoms with Crippen LogP contribution < -0.4 is 4.90 Å². The van der Waals surface area contributed by atoms with Crippen LogP contribution in [0, 0.1) is 12.3 Å². The van der Waals surface area contributed by atoms with Crippen LogP contribution in [-0.2, 0) is 16.0 Å². The molecule has 1 heterocycles. The predicted molar refractivity (Wildman–Crippen MR) is 117 cm³/mol. The van der Waals surface area contributed by atoms with Crippen LogP contribution in [0.15, 0.2) is 59.8 Å². The van der Waals surface area contributed by atoms with Gasteiger partial charge in [-0.3, -0.25) is 14.5 Å². The summed E-state index contributed by atoms with van der Waals surface area (Å²) >= 11 is 0. The van der Waals surface area contributed by atoms with Crippen molar-refractivity contribution < 1.29 is 9.59 Å². The van der Waals surface area contributed by atoms with E-state index in [4.69, 9.17) is 0 Å². The van der Waals surface area contributed by atoms with Crippen LogP contribution in [-0.4, -0.2) is 11.7 Å². The van der Waals surface area contributed by atoms with Gasteiger partial charge in [0.25, 0.3) is 0 Å². The molecular weight excluding hydrogens is 358 g/mol. The van der Waals surface area contributed by atoms with Gasteiger partial charge in [0.2, 0.25) is 5.91 Å². The highest BCUT2D eigenvalue weighted by Crippen LogP contribution is 2.48. The van der Waals surface area contributed by atoms with Crippen molar-refractivity contribution >= 4 is 17.4 Å². The maximum Gasteiger partial charge on any atom is 0.232 e. The number of carbonyl (C=O) groups is 2. The Kier molecular flexibility index (Phi) is 4.94. The number of ketones is 1. The molecule has 0 bridgehead atoms. The maximum atomic E-state index is 13.4. The molecule has 1 unspecified atom stereocenters. The summed E-state index contributed by atoms with van der Waals surface area (Å²) in [5.41, 5.74) is 5.94. The molecule has 1 aliphatic heterocycles. The summed E-state index contributed by atoms with van der Waals surface area (Å²) in [6, 6.07) is 16.3. The maximum absolute atomic E-state index is 13.4. The van der Waals surface area contributed by atoms with Crippen LogP contribution in [0.4, 0.5) is 5.69 Å². The average molecular weight is 388 g/mol. The minimum absolute atomic E-state index is 0.0757. The van der Waals surface area contributed by atoms with Crippen molar-refractivity contribution in [1.82, 2.24) is 0 Å². The summed E-state index contributed by atoms with van der Waals surface area (Å²) in [6.45, 7) is 8.42. The lowest BCUT2D eigenvalue weighted by Gasteiger charge is -2.43. The Labute approximate surface area is 173 Å². The number of hydrogen-bond acceptors (Lipinski definition) is 2. The van der Waals surface area contributed by atoms with Crippen molar-refractivity contribution in [2.24, 2.45) is 5.41 Å². The number of hydrogen-bond donors (Lipinski definition) is 0. The number of rotatable bonds is 3. The Morgan fingerprint density at radius 3 is 2.34 bits per heavy atom. The molecule has 1 aliphatic carbocycles. The molecule has 0 saturated heterocycles. The molecule has 0 N–H and O–H groups in total. The second kappa shape index (κ2) is 7.29. The molecule has 0 saturated carbocycles. The third-order valence-electron chi connectivity index (χ3n) is 6.31. The molecule has 4 rings (SSSR count). The molecule has 2 aromatic carbocycles. The first-order valence-electron chi connectivity index (χ1n) is 10.5. The van der Waals surface area contributed by atoms with E-state index >= 15 is 0 Å². The van der Waals surface area contributed by atoms with E-state index < -0.39 is 0 Å². The SMILES string of the molecule is CCc1ccc(N2C(=O)CC(c3ccccc3C)C3=C2CC(C)(C)CC3=O)cc1. The molecule has 3 heteroatoms. The molecule has 0 radical (unpaired) electrons. The van der Waals surface area contributed by atoms with Gasteiger partial charge in [0.15, 0.2) is 5.78 Å². The Morgan fingerprint density at radius 2 is 1.69 bits per heavy atom. The van der Waals surface area contributed by atoms with E-state index in [0.717, 1.165) is 40.9 Å². The van der Waals surface area contributed by atoms with Crippen LogP contribution >= 0.6 is 0 Å². The number of benzene rings is 2. The molecular formula is C26H29NO2. The van der Waals surface area contributed by atoms with Crippen molar-refractivity contribution in [2.45, 2.75) is 59.3 Å². The quantitative estimate of drug-likeness (QED) is 0.675. The number of amides is 1. The van der Waals surface area contributed by atoms with Crippen LogP contribution in [0.1, 0.15) is 62.6 Å². The lowest BCUT2D eigenvalue weighted by atomic mass is 9.69. The van der Waals surface area contributed by atoms with E-state index in [1.807, 2.05) is 29.2 Å². The molecule has 29 heavy (non-hydrogen) atoms. The van der Waals surface area contributed by atoms with Gasteiger partial charge in [-0.25, -0.2) is 0 Å². The number of nitrogens with zero attached hydrogens (tertiary/aromatic N) is 1. The number of carbonyl (C=O) groups excluding carboxylic acids is 2. The topological polar surface area (TPSA) is 37.4 Å². The van der Waals surface area contributed by atoms with Gasteiger partial charge in [-0.2, -0.15) is 0 Å². The summed E-state index contributed by atoms with van der Waals surface area (Å²) < 4.78 is 0.